The molecule has 1 aliphatic rings. The van der Waals surface area contributed by atoms with Crippen LogP contribution in [0, 0.1) is 0 Å². The number of methoxy groups -OCH3 is 1. The fourth-order valence-electron chi connectivity index (χ4n) is 4.66. The highest BCUT2D eigenvalue weighted by atomic mass is 16.5. The second kappa shape index (κ2) is 8.80. The Morgan fingerprint density at radius 3 is 2.46 bits per heavy atom. The van der Waals surface area contributed by atoms with E-state index in [0.29, 0.717) is 22.9 Å². The Bertz CT molecular complexity index is 1460. The summed E-state index contributed by atoms with van der Waals surface area (Å²) in [4.78, 5) is 31.6. The SMILES string of the molecule is COc1cccc(/C(O)=C2\C(=O)C(=O)N(c3ccc(C(C)C)cc3)C2c2c[nH]c3ccccc23)c1. The lowest BCUT2D eigenvalue weighted by molar-refractivity contribution is -0.132. The van der Waals surface area contributed by atoms with Gasteiger partial charge in [0.05, 0.1) is 18.7 Å². The maximum absolute atomic E-state index is 13.4. The van der Waals surface area contributed by atoms with Gasteiger partial charge < -0.3 is 14.8 Å². The van der Waals surface area contributed by atoms with Gasteiger partial charge in [0, 0.05) is 33.9 Å². The van der Waals surface area contributed by atoms with E-state index >= 15 is 0 Å². The van der Waals surface area contributed by atoms with Crippen molar-refractivity contribution in [3.8, 4) is 5.75 Å². The summed E-state index contributed by atoms with van der Waals surface area (Å²) in [7, 11) is 1.53. The van der Waals surface area contributed by atoms with E-state index in [1.807, 2.05) is 48.5 Å². The minimum atomic E-state index is -0.803. The zero-order valence-electron chi connectivity index (χ0n) is 19.8. The van der Waals surface area contributed by atoms with Gasteiger partial charge >= 0.3 is 0 Å². The van der Waals surface area contributed by atoms with Gasteiger partial charge in [-0.15, -0.1) is 0 Å². The Kier molecular flexibility index (Phi) is 5.65. The van der Waals surface area contributed by atoms with Crippen LogP contribution in [-0.4, -0.2) is 28.9 Å². The second-order valence-corrected chi connectivity index (χ2v) is 8.94. The summed E-state index contributed by atoms with van der Waals surface area (Å²) >= 11 is 0. The van der Waals surface area contributed by atoms with Crippen LogP contribution in [0.25, 0.3) is 16.7 Å². The highest BCUT2D eigenvalue weighted by Gasteiger charge is 2.47. The molecule has 5 rings (SSSR count). The Balaban J connectivity index is 1.74. The number of carbonyl (C=O) groups excluding carboxylic acids is 2. The first-order valence-corrected chi connectivity index (χ1v) is 11.5. The van der Waals surface area contributed by atoms with E-state index in [0.717, 1.165) is 22.0 Å². The highest BCUT2D eigenvalue weighted by Crippen LogP contribution is 2.44. The minimum absolute atomic E-state index is 0.0425. The number of rotatable bonds is 5. The summed E-state index contributed by atoms with van der Waals surface area (Å²) in [6, 6.07) is 21.4. The largest absolute Gasteiger partial charge is 0.507 e. The molecule has 6 heteroatoms. The molecule has 1 saturated heterocycles. The summed E-state index contributed by atoms with van der Waals surface area (Å²) < 4.78 is 5.29. The topological polar surface area (TPSA) is 82.6 Å². The number of ether oxygens (including phenoxy) is 1. The maximum Gasteiger partial charge on any atom is 0.300 e. The maximum atomic E-state index is 13.4. The van der Waals surface area contributed by atoms with Crippen LogP contribution in [0.4, 0.5) is 5.69 Å². The van der Waals surface area contributed by atoms with Gasteiger partial charge in [0.2, 0.25) is 0 Å². The number of nitrogens with one attached hydrogen (secondary N) is 1. The molecule has 2 N–H and O–H groups in total. The molecule has 0 bridgehead atoms. The molecule has 3 aromatic carbocycles. The monoisotopic (exact) mass is 466 g/mol. The van der Waals surface area contributed by atoms with E-state index in [4.69, 9.17) is 4.74 Å². The molecule has 35 heavy (non-hydrogen) atoms. The Morgan fingerprint density at radius 1 is 1.00 bits per heavy atom. The Hall–Kier alpha value is -4.32. The molecule has 0 saturated carbocycles. The summed E-state index contributed by atoms with van der Waals surface area (Å²) in [6.45, 7) is 4.20. The van der Waals surface area contributed by atoms with Crippen molar-refractivity contribution in [2.45, 2.75) is 25.8 Å². The molecule has 1 atom stereocenters. The molecule has 4 aromatic rings. The van der Waals surface area contributed by atoms with Gasteiger partial charge in [0.1, 0.15) is 11.5 Å². The number of fused-ring (bicyclic) bond motifs is 1. The van der Waals surface area contributed by atoms with Crippen LogP contribution in [-0.2, 0) is 9.59 Å². The molecular formula is C29H26N2O4. The van der Waals surface area contributed by atoms with Crippen molar-refractivity contribution in [1.82, 2.24) is 4.98 Å². The van der Waals surface area contributed by atoms with Crippen molar-refractivity contribution in [2.75, 3.05) is 12.0 Å². The number of para-hydroxylation sites is 1. The Labute approximate surface area is 203 Å². The molecule has 1 aliphatic heterocycles. The fraction of sp³-hybridized carbons (Fsp3) is 0.172. The van der Waals surface area contributed by atoms with Crippen LogP contribution in [0.5, 0.6) is 5.75 Å². The number of aliphatic hydroxyl groups excluding tert-OH is 1. The van der Waals surface area contributed by atoms with Crippen molar-refractivity contribution in [1.29, 1.82) is 0 Å². The number of anilines is 1. The first-order chi connectivity index (χ1) is 16.9. The fourth-order valence-corrected chi connectivity index (χ4v) is 4.66. The van der Waals surface area contributed by atoms with Gasteiger partial charge in [-0.25, -0.2) is 0 Å². The van der Waals surface area contributed by atoms with Crippen molar-refractivity contribution >= 4 is 34.0 Å². The molecule has 1 amide bonds. The number of carbonyl (C=O) groups is 2. The number of hydrogen-bond acceptors (Lipinski definition) is 4. The molecule has 1 aromatic heterocycles. The van der Waals surface area contributed by atoms with Gasteiger partial charge in [-0.3, -0.25) is 14.5 Å². The third-order valence-electron chi connectivity index (χ3n) is 6.54. The molecule has 6 nitrogen and oxygen atoms in total. The summed E-state index contributed by atoms with van der Waals surface area (Å²) in [5.41, 5.74) is 3.78. The summed E-state index contributed by atoms with van der Waals surface area (Å²) in [5, 5.41) is 12.2. The van der Waals surface area contributed by atoms with Crippen LogP contribution in [0.2, 0.25) is 0 Å². The average molecular weight is 467 g/mol. The predicted molar refractivity (Wildman–Crippen MR) is 137 cm³/mol. The van der Waals surface area contributed by atoms with E-state index in [9.17, 15) is 14.7 Å². The molecule has 1 unspecified atom stereocenters. The number of Topliss-reactive ketones (excluding diaryl/α,β-unsaturated/α-hetero) is 1. The zero-order valence-corrected chi connectivity index (χ0v) is 19.8. The van der Waals surface area contributed by atoms with E-state index in [1.54, 1.807) is 30.5 Å². The smallest absolute Gasteiger partial charge is 0.300 e. The molecule has 0 radical (unpaired) electrons. The van der Waals surface area contributed by atoms with Crippen LogP contribution >= 0.6 is 0 Å². The van der Waals surface area contributed by atoms with Crippen LogP contribution in [0.15, 0.2) is 84.6 Å². The third kappa shape index (κ3) is 3.77. The first-order valence-electron chi connectivity index (χ1n) is 11.5. The molecule has 0 aliphatic carbocycles. The van der Waals surface area contributed by atoms with E-state index in [1.165, 1.54) is 12.0 Å². The minimum Gasteiger partial charge on any atom is -0.507 e. The summed E-state index contributed by atoms with van der Waals surface area (Å²) in [6.07, 6.45) is 1.80. The number of amides is 1. The molecule has 0 spiro atoms. The quantitative estimate of drug-likeness (QED) is 0.217. The molecule has 1 fully saturated rings. The van der Waals surface area contributed by atoms with Crippen LogP contribution in [0.3, 0.4) is 0 Å². The van der Waals surface area contributed by atoms with Crippen molar-refractivity contribution in [3.05, 3.63) is 101 Å². The van der Waals surface area contributed by atoms with Gasteiger partial charge in [-0.2, -0.15) is 0 Å². The molecule has 176 valence electrons. The summed E-state index contributed by atoms with van der Waals surface area (Å²) in [5.74, 6) is -0.775. The number of H-pyrrole nitrogens is 1. The van der Waals surface area contributed by atoms with E-state index in [-0.39, 0.29) is 11.3 Å². The lowest BCUT2D eigenvalue weighted by Crippen LogP contribution is -2.29. The second-order valence-electron chi connectivity index (χ2n) is 8.94. The number of aromatic amines is 1. The highest BCUT2D eigenvalue weighted by molar-refractivity contribution is 6.51. The first kappa shape index (κ1) is 22.5. The number of aliphatic hydroxyl groups is 1. The van der Waals surface area contributed by atoms with Gasteiger partial charge in [-0.05, 0) is 41.8 Å². The standard InChI is InChI=1S/C29H26N2O4/c1-17(2)18-11-13-20(14-12-18)31-26(23-16-30-24-10-5-4-9-22(23)24)25(28(33)29(31)34)27(32)19-7-6-8-21(15-19)35-3/h4-17,26,30,32H,1-3H3/b27-25+. The van der Waals surface area contributed by atoms with Crippen molar-refractivity contribution in [2.24, 2.45) is 0 Å². The third-order valence-corrected chi connectivity index (χ3v) is 6.54. The normalized spacial score (nSPS) is 17.5. The van der Waals surface area contributed by atoms with Crippen LogP contribution < -0.4 is 9.64 Å². The van der Waals surface area contributed by atoms with Gasteiger partial charge in [0.15, 0.2) is 0 Å². The Morgan fingerprint density at radius 2 is 1.74 bits per heavy atom. The predicted octanol–water partition coefficient (Wildman–Crippen LogP) is 5.93. The van der Waals surface area contributed by atoms with E-state index < -0.39 is 17.7 Å². The lowest BCUT2D eigenvalue weighted by Gasteiger charge is -2.25. The number of nitrogens with zero attached hydrogens (tertiary/aromatic N) is 1. The number of ketones is 1. The van der Waals surface area contributed by atoms with Gasteiger partial charge in [-0.1, -0.05) is 56.3 Å². The number of benzene rings is 3. The number of aromatic nitrogens is 1. The number of hydrogen-bond donors (Lipinski definition) is 2. The average Bonchev–Trinajstić information content (AvgIpc) is 3.42. The zero-order chi connectivity index (χ0) is 24.7. The molecule has 2 heterocycles. The van der Waals surface area contributed by atoms with E-state index in [2.05, 4.69) is 18.8 Å². The van der Waals surface area contributed by atoms with Crippen molar-refractivity contribution < 1.29 is 19.4 Å². The van der Waals surface area contributed by atoms with Crippen molar-refractivity contribution in [3.63, 3.8) is 0 Å². The lowest BCUT2D eigenvalue weighted by atomic mass is 9.94. The van der Waals surface area contributed by atoms with Crippen LogP contribution in [0.1, 0.15) is 42.5 Å². The van der Waals surface area contributed by atoms with Gasteiger partial charge in [0.25, 0.3) is 11.7 Å². The molecular weight excluding hydrogens is 440 g/mol.